The van der Waals surface area contributed by atoms with Gasteiger partial charge in [0.1, 0.15) is 0 Å². The molecule has 0 aromatic carbocycles. The van der Waals surface area contributed by atoms with Gasteiger partial charge in [-0.1, -0.05) is 0 Å². The van der Waals surface area contributed by atoms with Crippen LogP contribution in [0.1, 0.15) is 0 Å². The Morgan fingerprint density at radius 2 is 1.93 bits per heavy atom. The van der Waals surface area contributed by atoms with Crippen molar-refractivity contribution in [3.05, 3.63) is 0 Å². The number of ether oxygens (including phenoxy) is 2. The lowest BCUT2D eigenvalue weighted by Crippen LogP contribution is -2.39. The summed E-state index contributed by atoms with van der Waals surface area (Å²) in [5.74, 6) is 0. The normalized spacial score (nSPS) is 15.6. The Kier molecular flexibility index (Phi) is 8.94. The third kappa shape index (κ3) is 8.77. The highest BCUT2D eigenvalue weighted by Gasteiger charge is 2.08. The average molecular weight is 220 g/mol. The molecule has 5 nitrogen and oxygen atoms in total. The van der Waals surface area contributed by atoms with Gasteiger partial charge in [0.2, 0.25) is 0 Å². The molecule has 0 amide bonds. The van der Waals surface area contributed by atoms with Crippen molar-refractivity contribution in [2.45, 2.75) is 12.2 Å². The van der Waals surface area contributed by atoms with Crippen LogP contribution in [0, 0.1) is 0 Å². The highest BCUT2D eigenvalue weighted by Crippen LogP contribution is 1.89. The molecule has 0 aliphatic rings. The van der Waals surface area contributed by atoms with Crippen molar-refractivity contribution in [2.24, 2.45) is 0 Å². The quantitative estimate of drug-likeness (QED) is 0.531. The summed E-state index contributed by atoms with van der Waals surface area (Å²) in [5, 5.41) is 12.7. The first kappa shape index (κ1) is 14.8. The zero-order valence-corrected chi connectivity index (χ0v) is 10.2. The number of aliphatic hydroxyl groups is 1. The first-order valence-corrected chi connectivity index (χ1v) is 5.15. The summed E-state index contributed by atoms with van der Waals surface area (Å²) in [7, 11) is 7.17. The molecule has 2 N–H and O–H groups in total. The Labute approximate surface area is 92.4 Å². The molecule has 15 heavy (non-hydrogen) atoms. The molecule has 0 saturated heterocycles. The predicted octanol–water partition coefficient (Wildman–Crippen LogP) is -0.840. The number of hydrogen-bond donors (Lipinski definition) is 2. The van der Waals surface area contributed by atoms with Crippen LogP contribution in [0.3, 0.4) is 0 Å². The second kappa shape index (κ2) is 9.06. The topological polar surface area (TPSA) is 54.0 Å². The van der Waals surface area contributed by atoms with Gasteiger partial charge in [0, 0.05) is 33.9 Å². The van der Waals surface area contributed by atoms with Crippen LogP contribution in [0.2, 0.25) is 0 Å². The van der Waals surface area contributed by atoms with Gasteiger partial charge in [-0.05, 0) is 14.1 Å². The third-order valence-electron chi connectivity index (χ3n) is 2.01. The molecule has 2 atom stereocenters. The fraction of sp³-hybridized carbons (Fsp3) is 1.00. The fourth-order valence-corrected chi connectivity index (χ4v) is 1.29. The number of hydrogen-bond acceptors (Lipinski definition) is 5. The lowest BCUT2D eigenvalue weighted by molar-refractivity contribution is 0.0265. The van der Waals surface area contributed by atoms with Gasteiger partial charge in [-0.25, -0.2) is 0 Å². The lowest BCUT2D eigenvalue weighted by Gasteiger charge is -2.19. The second-order valence-corrected chi connectivity index (χ2v) is 3.89. The van der Waals surface area contributed by atoms with E-state index in [0.717, 1.165) is 0 Å². The Morgan fingerprint density at radius 1 is 1.27 bits per heavy atom. The standard InChI is InChI=1S/C10H24N2O3/c1-12(2)7-9(13)5-11-6-10(15-4)8-14-3/h9-11,13H,5-8H2,1-4H3. The molecule has 0 aliphatic heterocycles. The molecule has 0 aromatic rings. The van der Waals surface area contributed by atoms with Gasteiger partial charge in [-0.2, -0.15) is 0 Å². The zero-order chi connectivity index (χ0) is 11.7. The maximum Gasteiger partial charge on any atom is 0.0928 e. The van der Waals surface area contributed by atoms with Crippen molar-refractivity contribution in [3.8, 4) is 0 Å². The molecule has 0 spiro atoms. The smallest absolute Gasteiger partial charge is 0.0928 e. The zero-order valence-electron chi connectivity index (χ0n) is 10.2. The van der Waals surface area contributed by atoms with Crippen LogP contribution in [0.5, 0.6) is 0 Å². The first-order chi connectivity index (χ1) is 7.10. The molecule has 0 fully saturated rings. The van der Waals surface area contributed by atoms with Gasteiger partial charge in [-0.3, -0.25) is 0 Å². The van der Waals surface area contributed by atoms with Crippen molar-refractivity contribution >= 4 is 0 Å². The molecular formula is C10H24N2O3. The summed E-state index contributed by atoms with van der Waals surface area (Å²) in [6.07, 6.45) is -0.304. The van der Waals surface area contributed by atoms with E-state index < -0.39 is 0 Å². The number of methoxy groups -OCH3 is 2. The van der Waals surface area contributed by atoms with E-state index in [1.165, 1.54) is 0 Å². The van der Waals surface area contributed by atoms with E-state index in [4.69, 9.17) is 9.47 Å². The van der Waals surface area contributed by atoms with E-state index in [9.17, 15) is 5.11 Å². The van der Waals surface area contributed by atoms with Gasteiger partial charge in [-0.15, -0.1) is 0 Å². The third-order valence-corrected chi connectivity index (χ3v) is 2.01. The highest BCUT2D eigenvalue weighted by molar-refractivity contribution is 4.65. The highest BCUT2D eigenvalue weighted by atomic mass is 16.5. The van der Waals surface area contributed by atoms with Crippen LogP contribution in [-0.4, -0.2) is 76.8 Å². The molecule has 92 valence electrons. The number of likely N-dealkylation sites (N-methyl/N-ethyl adjacent to an activating group) is 1. The van der Waals surface area contributed by atoms with Crippen molar-refractivity contribution < 1.29 is 14.6 Å². The number of rotatable bonds is 9. The summed E-state index contributed by atoms with van der Waals surface area (Å²) >= 11 is 0. The summed E-state index contributed by atoms with van der Waals surface area (Å²) in [6, 6.07) is 0. The van der Waals surface area contributed by atoms with Crippen molar-refractivity contribution in [3.63, 3.8) is 0 Å². The van der Waals surface area contributed by atoms with Crippen LogP contribution >= 0.6 is 0 Å². The van der Waals surface area contributed by atoms with E-state index in [-0.39, 0.29) is 12.2 Å². The van der Waals surface area contributed by atoms with E-state index in [0.29, 0.717) is 26.2 Å². The molecule has 2 unspecified atom stereocenters. The lowest BCUT2D eigenvalue weighted by atomic mass is 10.3. The first-order valence-electron chi connectivity index (χ1n) is 5.15. The van der Waals surface area contributed by atoms with E-state index in [1.54, 1.807) is 14.2 Å². The largest absolute Gasteiger partial charge is 0.390 e. The predicted molar refractivity (Wildman–Crippen MR) is 60.1 cm³/mol. The van der Waals surface area contributed by atoms with Gasteiger partial charge in [0.25, 0.3) is 0 Å². The Balaban J connectivity index is 3.49. The summed E-state index contributed by atoms with van der Waals surface area (Å²) in [6.45, 7) is 2.48. The van der Waals surface area contributed by atoms with Crippen LogP contribution in [0.15, 0.2) is 0 Å². The van der Waals surface area contributed by atoms with E-state index >= 15 is 0 Å². The second-order valence-electron chi connectivity index (χ2n) is 3.89. The molecule has 0 aromatic heterocycles. The molecule has 0 radical (unpaired) electrons. The maximum atomic E-state index is 9.56. The molecule has 0 heterocycles. The molecule has 5 heteroatoms. The molecular weight excluding hydrogens is 196 g/mol. The summed E-state index contributed by atoms with van der Waals surface area (Å²) in [5.41, 5.74) is 0. The van der Waals surface area contributed by atoms with Crippen LogP contribution in [0.25, 0.3) is 0 Å². The summed E-state index contributed by atoms with van der Waals surface area (Å²) in [4.78, 5) is 1.95. The minimum Gasteiger partial charge on any atom is -0.390 e. The molecule has 0 rings (SSSR count). The number of nitrogens with zero attached hydrogens (tertiary/aromatic N) is 1. The minimum atomic E-state index is -0.347. The molecule has 0 bridgehead atoms. The Bertz CT molecular complexity index is 145. The Morgan fingerprint density at radius 3 is 2.40 bits per heavy atom. The van der Waals surface area contributed by atoms with Gasteiger partial charge in [0.05, 0.1) is 18.8 Å². The van der Waals surface area contributed by atoms with Gasteiger partial charge in [0.15, 0.2) is 0 Å². The van der Waals surface area contributed by atoms with Crippen molar-refractivity contribution in [2.75, 3.05) is 54.6 Å². The molecule has 0 aliphatic carbocycles. The van der Waals surface area contributed by atoms with Gasteiger partial charge >= 0.3 is 0 Å². The van der Waals surface area contributed by atoms with Gasteiger partial charge < -0.3 is 24.8 Å². The fourth-order valence-electron chi connectivity index (χ4n) is 1.29. The Hall–Kier alpha value is -0.200. The average Bonchev–Trinajstić information content (AvgIpc) is 2.15. The summed E-state index contributed by atoms with van der Waals surface area (Å²) < 4.78 is 10.2. The van der Waals surface area contributed by atoms with Crippen LogP contribution in [0.4, 0.5) is 0 Å². The van der Waals surface area contributed by atoms with E-state index in [2.05, 4.69) is 5.32 Å². The minimum absolute atomic E-state index is 0.0431. The monoisotopic (exact) mass is 220 g/mol. The number of aliphatic hydroxyl groups excluding tert-OH is 1. The van der Waals surface area contributed by atoms with Crippen LogP contribution in [-0.2, 0) is 9.47 Å². The molecule has 0 saturated carbocycles. The van der Waals surface area contributed by atoms with E-state index in [1.807, 2.05) is 19.0 Å². The SMILES string of the molecule is COCC(CNCC(O)CN(C)C)OC. The van der Waals surface area contributed by atoms with Crippen molar-refractivity contribution in [1.29, 1.82) is 0 Å². The van der Waals surface area contributed by atoms with Crippen molar-refractivity contribution in [1.82, 2.24) is 10.2 Å². The van der Waals surface area contributed by atoms with Crippen LogP contribution < -0.4 is 5.32 Å². The maximum absolute atomic E-state index is 9.56. The number of nitrogens with one attached hydrogen (secondary N) is 1.